The molecule has 0 aliphatic rings. The maximum absolute atomic E-state index is 5.08. The van der Waals surface area contributed by atoms with Gasteiger partial charge in [-0.05, 0) is 18.1 Å². The quantitative estimate of drug-likeness (QED) is 0.442. The van der Waals surface area contributed by atoms with Crippen molar-refractivity contribution in [3.63, 3.8) is 0 Å². The van der Waals surface area contributed by atoms with E-state index in [1.165, 1.54) is 5.56 Å². The molecule has 0 saturated carbocycles. The third-order valence-corrected chi connectivity index (χ3v) is 3.44. The highest BCUT2D eigenvalue weighted by Gasteiger charge is 2.02. The predicted molar refractivity (Wildman–Crippen MR) is 92.1 cm³/mol. The van der Waals surface area contributed by atoms with Crippen LogP contribution in [0.1, 0.15) is 17.7 Å². The van der Waals surface area contributed by atoms with Crippen molar-refractivity contribution in [2.75, 3.05) is 20.3 Å². The molecular formula is C17H25N5O. The lowest BCUT2D eigenvalue weighted by Crippen LogP contribution is -2.38. The molecule has 0 saturated heterocycles. The van der Waals surface area contributed by atoms with Crippen LogP contribution >= 0.6 is 0 Å². The number of methoxy groups -OCH3 is 1. The van der Waals surface area contributed by atoms with E-state index in [-0.39, 0.29) is 0 Å². The lowest BCUT2D eigenvalue weighted by molar-refractivity contribution is 0.195. The molecule has 0 aliphatic carbocycles. The van der Waals surface area contributed by atoms with Crippen molar-refractivity contribution >= 4 is 5.96 Å². The first kappa shape index (κ1) is 17.0. The van der Waals surface area contributed by atoms with Crippen LogP contribution < -0.4 is 10.6 Å². The average Bonchev–Trinajstić information content (AvgIpc) is 2.99. The van der Waals surface area contributed by atoms with E-state index in [1.54, 1.807) is 13.3 Å². The van der Waals surface area contributed by atoms with Crippen molar-refractivity contribution in [1.82, 2.24) is 20.4 Å². The van der Waals surface area contributed by atoms with Gasteiger partial charge in [-0.2, -0.15) is 5.10 Å². The lowest BCUT2D eigenvalue weighted by atomic mass is 10.2. The molecule has 0 atom stereocenters. The van der Waals surface area contributed by atoms with Gasteiger partial charge in [-0.1, -0.05) is 30.3 Å². The lowest BCUT2D eigenvalue weighted by Gasteiger charge is -2.13. The summed E-state index contributed by atoms with van der Waals surface area (Å²) in [5.74, 6) is 0.797. The summed E-state index contributed by atoms with van der Waals surface area (Å²) >= 11 is 0. The summed E-state index contributed by atoms with van der Waals surface area (Å²) in [5, 5.41) is 10.9. The molecule has 1 aromatic heterocycles. The molecule has 0 spiro atoms. The second kappa shape index (κ2) is 9.63. The summed E-state index contributed by atoms with van der Waals surface area (Å²) in [7, 11) is 3.65. The fourth-order valence-electron chi connectivity index (χ4n) is 2.10. The molecular weight excluding hydrogens is 290 g/mol. The second-order valence-electron chi connectivity index (χ2n) is 5.22. The highest BCUT2D eigenvalue weighted by Crippen LogP contribution is 2.00. The fourth-order valence-corrected chi connectivity index (χ4v) is 2.10. The Morgan fingerprint density at radius 2 is 2.04 bits per heavy atom. The third kappa shape index (κ3) is 6.12. The molecule has 1 heterocycles. The molecule has 0 unspecified atom stereocenters. The van der Waals surface area contributed by atoms with E-state index < -0.39 is 0 Å². The number of nitrogens with one attached hydrogen (secondary N) is 2. The zero-order valence-corrected chi connectivity index (χ0v) is 13.8. The number of aryl methyl sites for hydroxylation is 1. The zero-order chi connectivity index (χ0) is 16.3. The number of hydrogen-bond donors (Lipinski definition) is 2. The van der Waals surface area contributed by atoms with Crippen LogP contribution in [0.4, 0.5) is 0 Å². The first-order chi connectivity index (χ1) is 11.3. The monoisotopic (exact) mass is 315 g/mol. The minimum Gasteiger partial charge on any atom is -0.385 e. The molecule has 0 aliphatic heterocycles. The van der Waals surface area contributed by atoms with Crippen molar-refractivity contribution < 1.29 is 4.74 Å². The Balaban J connectivity index is 1.91. The first-order valence-electron chi connectivity index (χ1n) is 7.81. The van der Waals surface area contributed by atoms with Crippen LogP contribution in [0.2, 0.25) is 0 Å². The van der Waals surface area contributed by atoms with Crippen LogP contribution in [-0.2, 0) is 24.9 Å². The molecule has 0 radical (unpaired) electrons. The van der Waals surface area contributed by atoms with Crippen LogP contribution in [0, 0.1) is 0 Å². The summed E-state index contributed by atoms with van der Waals surface area (Å²) < 4.78 is 6.93. The fraction of sp³-hybridized carbons (Fsp3) is 0.412. The Bertz CT molecular complexity index is 594. The molecule has 2 aromatic rings. The Hall–Kier alpha value is -2.34. The van der Waals surface area contributed by atoms with Crippen LogP contribution in [0.3, 0.4) is 0 Å². The number of benzene rings is 1. The van der Waals surface area contributed by atoms with E-state index in [0.29, 0.717) is 13.1 Å². The SMILES string of the molecule is COCCCNC(=NCc1ccccc1)NCc1ccnn1C. The maximum Gasteiger partial charge on any atom is 0.191 e. The van der Waals surface area contributed by atoms with Crippen molar-refractivity contribution in [2.45, 2.75) is 19.5 Å². The number of nitrogens with zero attached hydrogens (tertiary/aromatic N) is 3. The summed E-state index contributed by atoms with van der Waals surface area (Å²) in [6.45, 7) is 2.88. The van der Waals surface area contributed by atoms with Crippen LogP contribution in [0.5, 0.6) is 0 Å². The van der Waals surface area contributed by atoms with Crippen molar-refractivity contribution in [2.24, 2.45) is 12.0 Å². The van der Waals surface area contributed by atoms with Gasteiger partial charge in [-0.3, -0.25) is 4.68 Å². The van der Waals surface area contributed by atoms with Gasteiger partial charge in [0.2, 0.25) is 0 Å². The van der Waals surface area contributed by atoms with E-state index in [4.69, 9.17) is 4.74 Å². The number of hydrogen-bond acceptors (Lipinski definition) is 3. The van der Waals surface area contributed by atoms with Crippen LogP contribution in [0.25, 0.3) is 0 Å². The van der Waals surface area contributed by atoms with E-state index >= 15 is 0 Å². The normalized spacial score (nSPS) is 11.5. The van der Waals surface area contributed by atoms with Gasteiger partial charge in [0.15, 0.2) is 5.96 Å². The van der Waals surface area contributed by atoms with Gasteiger partial charge < -0.3 is 15.4 Å². The molecule has 0 amide bonds. The van der Waals surface area contributed by atoms with Crippen molar-refractivity contribution in [1.29, 1.82) is 0 Å². The van der Waals surface area contributed by atoms with Crippen LogP contribution in [-0.4, -0.2) is 36.0 Å². The molecule has 23 heavy (non-hydrogen) atoms. The molecule has 0 fully saturated rings. The summed E-state index contributed by atoms with van der Waals surface area (Å²) in [5.41, 5.74) is 2.29. The average molecular weight is 315 g/mol. The first-order valence-corrected chi connectivity index (χ1v) is 7.81. The Labute approximate surface area is 137 Å². The number of guanidine groups is 1. The van der Waals surface area contributed by atoms with Gasteiger partial charge >= 0.3 is 0 Å². The second-order valence-corrected chi connectivity index (χ2v) is 5.22. The molecule has 1 aromatic carbocycles. The van der Waals surface area contributed by atoms with Gasteiger partial charge in [-0.15, -0.1) is 0 Å². The molecule has 2 rings (SSSR count). The topological polar surface area (TPSA) is 63.5 Å². The van der Waals surface area contributed by atoms with Crippen LogP contribution in [0.15, 0.2) is 47.6 Å². The minimum absolute atomic E-state index is 0.645. The van der Waals surface area contributed by atoms with Gasteiger partial charge in [0.1, 0.15) is 0 Å². The highest BCUT2D eigenvalue weighted by atomic mass is 16.5. The number of aromatic nitrogens is 2. The van der Waals surface area contributed by atoms with Gasteiger partial charge in [0, 0.05) is 33.5 Å². The molecule has 6 nitrogen and oxygen atoms in total. The summed E-state index contributed by atoms with van der Waals surface area (Å²) in [4.78, 5) is 4.64. The van der Waals surface area contributed by atoms with Crippen molar-refractivity contribution in [3.8, 4) is 0 Å². The van der Waals surface area contributed by atoms with E-state index in [9.17, 15) is 0 Å². The zero-order valence-electron chi connectivity index (χ0n) is 13.8. The summed E-state index contributed by atoms with van der Waals surface area (Å²) in [6.07, 6.45) is 2.73. The summed E-state index contributed by atoms with van der Waals surface area (Å²) in [6, 6.07) is 12.2. The maximum atomic E-state index is 5.08. The molecule has 6 heteroatoms. The Morgan fingerprint density at radius 1 is 1.22 bits per heavy atom. The van der Waals surface area contributed by atoms with Crippen molar-refractivity contribution in [3.05, 3.63) is 53.9 Å². The van der Waals surface area contributed by atoms with Gasteiger partial charge in [0.05, 0.1) is 18.8 Å². The molecule has 2 N–H and O–H groups in total. The smallest absolute Gasteiger partial charge is 0.191 e. The standard InChI is InChI=1S/C17H25N5O/c1-22-16(9-11-21-22)14-20-17(18-10-6-12-23-2)19-13-15-7-4-3-5-8-15/h3-5,7-9,11H,6,10,12-14H2,1-2H3,(H2,18,19,20). The van der Waals surface area contributed by atoms with Gasteiger partial charge in [-0.25, -0.2) is 4.99 Å². The van der Waals surface area contributed by atoms with E-state index in [2.05, 4.69) is 32.9 Å². The van der Waals surface area contributed by atoms with Gasteiger partial charge in [0.25, 0.3) is 0 Å². The minimum atomic E-state index is 0.645. The number of rotatable bonds is 8. The Morgan fingerprint density at radius 3 is 2.74 bits per heavy atom. The van der Waals surface area contributed by atoms with E-state index in [0.717, 1.165) is 31.2 Å². The number of aliphatic imine (C=N–C) groups is 1. The highest BCUT2D eigenvalue weighted by molar-refractivity contribution is 5.79. The predicted octanol–water partition coefficient (Wildman–Crippen LogP) is 1.69. The van der Waals surface area contributed by atoms with E-state index in [1.807, 2.05) is 36.0 Å². The number of ether oxygens (including phenoxy) is 1. The third-order valence-electron chi connectivity index (χ3n) is 3.44. The Kier molecular flexibility index (Phi) is 7.13. The molecule has 0 bridgehead atoms. The molecule has 124 valence electrons. The largest absolute Gasteiger partial charge is 0.385 e.